The van der Waals surface area contributed by atoms with Crippen molar-refractivity contribution in [3.63, 3.8) is 0 Å². The van der Waals surface area contributed by atoms with Crippen LogP contribution in [0, 0.1) is 5.92 Å². The Bertz CT molecular complexity index is 169. The lowest BCUT2D eigenvalue weighted by atomic mass is 9.87. The summed E-state index contributed by atoms with van der Waals surface area (Å²) in [6, 6.07) is 0.725. The molecule has 1 nitrogen and oxygen atoms in total. The quantitative estimate of drug-likeness (QED) is 0.739. The number of halogens is 1. The summed E-state index contributed by atoms with van der Waals surface area (Å²) in [5, 5.41) is 3.54. The van der Waals surface area contributed by atoms with Crippen LogP contribution in [0.2, 0.25) is 0 Å². The fourth-order valence-electron chi connectivity index (χ4n) is 1.81. The Morgan fingerprint density at radius 1 is 1.38 bits per heavy atom. The van der Waals surface area contributed by atoms with Crippen LogP contribution in [0.3, 0.4) is 0 Å². The second kappa shape index (κ2) is 5.66. The molecule has 1 aliphatic rings. The van der Waals surface area contributed by atoms with E-state index in [-0.39, 0.29) is 0 Å². The van der Waals surface area contributed by atoms with Gasteiger partial charge in [-0.3, -0.25) is 0 Å². The molecule has 2 heteroatoms. The first-order valence-electron chi connectivity index (χ1n) is 5.21. The van der Waals surface area contributed by atoms with Gasteiger partial charge in [0.05, 0.1) is 0 Å². The van der Waals surface area contributed by atoms with E-state index >= 15 is 0 Å². The molecular formula is C11H20ClN. The molecule has 1 N–H and O–H groups in total. The molecular weight excluding hydrogens is 182 g/mol. The first-order valence-corrected chi connectivity index (χ1v) is 5.65. The molecule has 0 unspecified atom stereocenters. The number of hydrogen-bond acceptors (Lipinski definition) is 1. The maximum atomic E-state index is 5.59. The SMILES string of the molecule is C/C(=C\Cl)CNC1CCC(C)CC1. The summed E-state index contributed by atoms with van der Waals surface area (Å²) in [7, 11) is 0. The van der Waals surface area contributed by atoms with Gasteiger partial charge >= 0.3 is 0 Å². The molecule has 0 saturated heterocycles. The third-order valence-corrected chi connectivity index (χ3v) is 3.24. The Balaban J connectivity index is 2.16. The molecule has 1 aliphatic carbocycles. The molecule has 1 rings (SSSR count). The molecule has 0 heterocycles. The third-order valence-electron chi connectivity index (χ3n) is 2.87. The number of nitrogens with one attached hydrogen (secondary N) is 1. The van der Waals surface area contributed by atoms with Crippen molar-refractivity contribution in [2.45, 2.75) is 45.6 Å². The van der Waals surface area contributed by atoms with E-state index in [0.29, 0.717) is 0 Å². The van der Waals surface area contributed by atoms with Crippen LogP contribution in [0.25, 0.3) is 0 Å². The lowest BCUT2D eigenvalue weighted by molar-refractivity contribution is 0.313. The van der Waals surface area contributed by atoms with Gasteiger partial charge in [0.1, 0.15) is 0 Å². The first-order chi connectivity index (χ1) is 6.22. The largest absolute Gasteiger partial charge is 0.310 e. The van der Waals surface area contributed by atoms with Crippen molar-refractivity contribution in [3.05, 3.63) is 11.1 Å². The molecule has 13 heavy (non-hydrogen) atoms. The molecule has 0 bridgehead atoms. The topological polar surface area (TPSA) is 12.0 Å². The molecule has 0 amide bonds. The predicted molar refractivity (Wildman–Crippen MR) is 59.0 cm³/mol. The number of rotatable bonds is 3. The fourth-order valence-corrected chi connectivity index (χ4v) is 1.89. The zero-order valence-electron chi connectivity index (χ0n) is 8.65. The highest BCUT2D eigenvalue weighted by Gasteiger charge is 2.16. The molecule has 0 radical (unpaired) electrons. The van der Waals surface area contributed by atoms with Crippen molar-refractivity contribution in [3.8, 4) is 0 Å². The van der Waals surface area contributed by atoms with Gasteiger partial charge in [0.25, 0.3) is 0 Å². The van der Waals surface area contributed by atoms with E-state index in [9.17, 15) is 0 Å². The lowest BCUT2D eigenvalue weighted by Crippen LogP contribution is -2.33. The minimum atomic E-state index is 0.725. The fraction of sp³-hybridized carbons (Fsp3) is 0.818. The van der Waals surface area contributed by atoms with E-state index in [1.807, 2.05) is 0 Å². The van der Waals surface area contributed by atoms with E-state index in [2.05, 4.69) is 19.2 Å². The average Bonchev–Trinajstić information content (AvgIpc) is 2.16. The van der Waals surface area contributed by atoms with Gasteiger partial charge in [-0.2, -0.15) is 0 Å². The molecule has 76 valence electrons. The highest BCUT2D eigenvalue weighted by Crippen LogP contribution is 2.23. The lowest BCUT2D eigenvalue weighted by Gasteiger charge is -2.27. The zero-order valence-corrected chi connectivity index (χ0v) is 9.40. The average molecular weight is 202 g/mol. The predicted octanol–water partition coefficient (Wildman–Crippen LogP) is 3.30. The van der Waals surface area contributed by atoms with Crippen LogP contribution in [0.15, 0.2) is 11.1 Å². The van der Waals surface area contributed by atoms with Gasteiger partial charge in [-0.1, -0.05) is 18.5 Å². The molecule has 0 aliphatic heterocycles. The van der Waals surface area contributed by atoms with Crippen LogP contribution >= 0.6 is 11.6 Å². The van der Waals surface area contributed by atoms with Gasteiger partial charge < -0.3 is 5.32 Å². The van der Waals surface area contributed by atoms with E-state index in [4.69, 9.17) is 11.6 Å². The van der Waals surface area contributed by atoms with Crippen molar-refractivity contribution in [2.75, 3.05) is 6.54 Å². The van der Waals surface area contributed by atoms with Crippen LogP contribution in [0.5, 0.6) is 0 Å². The molecule has 1 fully saturated rings. The standard InChI is InChI=1S/C11H20ClN/c1-9-3-5-11(6-4-9)13-8-10(2)7-12/h7,9,11,13H,3-6,8H2,1-2H3/b10-7+. The van der Waals surface area contributed by atoms with Gasteiger partial charge in [-0.05, 0) is 44.1 Å². The van der Waals surface area contributed by atoms with Gasteiger partial charge in [0.2, 0.25) is 0 Å². The van der Waals surface area contributed by atoms with Crippen molar-refractivity contribution >= 4 is 11.6 Å². The summed E-state index contributed by atoms with van der Waals surface area (Å²) in [5.41, 5.74) is 2.89. The minimum Gasteiger partial charge on any atom is -0.310 e. The maximum Gasteiger partial charge on any atom is 0.0176 e. The Labute approximate surface area is 86.5 Å². The first kappa shape index (κ1) is 11.1. The van der Waals surface area contributed by atoms with Crippen LogP contribution in [-0.2, 0) is 0 Å². The van der Waals surface area contributed by atoms with Crippen LogP contribution in [0.4, 0.5) is 0 Å². The maximum absolute atomic E-state index is 5.59. The van der Waals surface area contributed by atoms with Crippen molar-refractivity contribution in [2.24, 2.45) is 5.92 Å². The van der Waals surface area contributed by atoms with Crippen molar-refractivity contribution < 1.29 is 0 Å². The third kappa shape index (κ3) is 4.15. The Morgan fingerprint density at radius 2 is 2.00 bits per heavy atom. The van der Waals surface area contributed by atoms with Crippen molar-refractivity contribution in [1.82, 2.24) is 5.32 Å². The molecule has 0 aromatic rings. The summed E-state index contributed by atoms with van der Waals surface area (Å²) >= 11 is 5.59. The zero-order chi connectivity index (χ0) is 9.68. The van der Waals surface area contributed by atoms with E-state index in [1.165, 1.54) is 31.3 Å². The van der Waals surface area contributed by atoms with E-state index < -0.39 is 0 Å². The molecule has 0 atom stereocenters. The normalized spacial score (nSPS) is 30.5. The van der Waals surface area contributed by atoms with Crippen molar-refractivity contribution in [1.29, 1.82) is 0 Å². The Kier molecular flexibility index (Phi) is 4.82. The van der Waals surface area contributed by atoms with Gasteiger partial charge in [0.15, 0.2) is 0 Å². The Morgan fingerprint density at radius 3 is 2.54 bits per heavy atom. The van der Waals surface area contributed by atoms with Gasteiger partial charge in [-0.25, -0.2) is 0 Å². The number of hydrogen-bond donors (Lipinski definition) is 1. The smallest absolute Gasteiger partial charge is 0.0176 e. The van der Waals surface area contributed by atoms with Crippen LogP contribution in [0.1, 0.15) is 39.5 Å². The second-order valence-electron chi connectivity index (χ2n) is 4.29. The summed E-state index contributed by atoms with van der Waals surface area (Å²) < 4.78 is 0. The van der Waals surface area contributed by atoms with E-state index in [0.717, 1.165) is 18.5 Å². The van der Waals surface area contributed by atoms with Crippen LogP contribution in [-0.4, -0.2) is 12.6 Å². The highest BCUT2D eigenvalue weighted by atomic mass is 35.5. The molecule has 1 saturated carbocycles. The Hall–Kier alpha value is -0.0100. The second-order valence-corrected chi connectivity index (χ2v) is 4.51. The summed E-state index contributed by atoms with van der Waals surface area (Å²) in [6.45, 7) is 5.36. The van der Waals surface area contributed by atoms with Gasteiger partial charge in [-0.15, -0.1) is 0 Å². The highest BCUT2D eigenvalue weighted by molar-refractivity contribution is 6.25. The van der Waals surface area contributed by atoms with Crippen LogP contribution < -0.4 is 5.32 Å². The summed E-state index contributed by atoms with van der Waals surface area (Å²) in [4.78, 5) is 0. The summed E-state index contributed by atoms with van der Waals surface area (Å²) in [5.74, 6) is 0.933. The summed E-state index contributed by atoms with van der Waals surface area (Å²) in [6.07, 6.45) is 5.41. The molecule has 0 aromatic carbocycles. The molecule has 0 aromatic heterocycles. The minimum absolute atomic E-state index is 0.725. The molecule has 0 spiro atoms. The monoisotopic (exact) mass is 201 g/mol. The van der Waals surface area contributed by atoms with E-state index in [1.54, 1.807) is 5.54 Å². The van der Waals surface area contributed by atoms with Gasteiger partial charge in [0, 0.05) is 18.1 Å².